The number of hydrogen-bond acceptors (Lipinski definition) is 3. The van der Waals surface area contributed by atoms with Gasteiger partial charge in [0.15, 0.2) is 0 Å². The fourth-order valence-electron chi connectivity index (χ4n) is 4.12. The van der Waals surface area contributed by atoms with Gasteiger partial charge in [0.2, 0.25) is 15.9 Å². The molecule has 1 saturated heterocycles. The van der Waals surface area contributed by atoms with Gasteiger partial charge in [-0.05, 0) is 61.1 Å². The number of H-pyrrole nitrogens is 1. The molecule has 0 bridgehead atoms. The smallest absolute Gasteiger partial charge is 0.243 e. The highest BCUT2D eigenvalue weighted by Gasteiger charge is 2.29. The molecule has 0 aliphatic carbocycles. The van der Waals surface area contributed by atoms with Crippen LogP contribution in [0.15, 0.2) is 59.6 Å². The lowest BCUT2D eigenvalue weighted by Gasteiger charge is -2.31. The number of aromatic nitrogens is 1. The molecule has 2 N–H and O–H groups in total. The van der Waals surface area contributed by atoms with Crippen LogP contribution in [0.25, 0.3) is 10.9 Å². The molecule has 31 heavy (non-hydrogen) atoms. The maximum absolute atomic E-state index is 12.7. The van der Waals surface area contributed by atoms with Crippen molar-refractivity contribution in [2.75, 3.05) is 19.6 Å². The predicted octanol–water partition coefficient (Wildman–Crippen LogP) is 3.97. The van der Waals surface area contributed by atoms with Gasteiger partial charge in [0, 0.05) is 48.2 Å². The molecule has 0 atom stereocenters. The number of piperidine rings is 1. The third-order valence-corrected chi connectivity index (χ3v) is 8.02. The van der Waals surface area contributed by atoms with E-state index < -0.39 is 10.0 Å². The van der Waals surface area contributed by atoms with Gasteiger partial charge < -0.3 is 10.3 Å². The zero-order valence-corrected chi connectivity index (χ0v) is 18.8. The molecular weight excluding hydrogens is 434 g/mol. The van der Waals surface area contributed by atoms with Crippen molar-refractivity contribution in [2.24, 2.45) is 5.92 Å². The van der Waals surface area contributed by atoms with E-state index in [1.807, 2.05) is 24.4 Å². The number of aromatic amines is 1. The lowest BCUT2D eigenvalue weighted by molar-refractivity contribution is -0.122. The number of halogens is 1. The van der Waals surface area contributed by atoms with E-state index in [0.717, 1.165) is 22.9 Å². The Morgan fingerprint density at radius 2 is 1.87 bits per heavy atom. The van der Waals surface area contributed by atoms with Crippen LogP contribution in [-0.2, 0) is 21.2 Å². The van der Waals surface area contributed by atoms with Crippen LogP contribution < -0.4 is 5.32 Å². The van der Waals surface area contributed by atoms with Gasteiger partial charge in [0.25, 0.3) is 0 Å². The van der Waals surface area contributed by atoms with Crippen LogP contribution in [0.5, 0.6) is 0 Å². The van der Waals surface area contributed by atoms with Crippen LogP contribution in [-0.4, -0.2) is 43.2 Å². The molecule has 1 amide bonds. The van der Waals surface area contributed by atoms with Crippen LogP contribution in [0.4, 0.5) is 0 Å². The summed E-state index contributed by atoms with van der Waals surface area (Å²) in [5.74, 6) is 0.219. The maximum Gasteiger partial charge on any atom is 0.243 e. The van der Waals surface area contributed by atoms with Crippen LogP contribution in [0, 0.1) is 5.92 Å². The molecule has 8 heteroatoms. The normalized spacial score (nSPS) is 15.9. The highest BCUT2D eigenvalue weighted by molar-refractivity contribution is 7.89. The summed E-state index contributed by atoms with van der Waals surface area (Å²) in [6.45, 7) is 1.45. The molecule has 1 aromatic heterocycles. The van der Waals surface area contributed by atoms with Crippen LogP contribution in [0.3, 0.4) is 0 Å². The lowest BCUT2D eigenvalue weighted by atomic mass is 9.94. The first-order valence-corrected chi connectivity index (χ1v) is 12.3. The van der Waals surface area contributed by atoms with Crippen molar-refractivity contribution in [3.8, 4) is 0 Å². The molecule has 1 fully saturated rings. The first-order valence-electron chi connectivity index (χ1n) is 10.5. The van der Waals surface area contributed by atoms with Crippen molar-refractivity contribution >= 4 is 38.4 Å². The maximum atomic E-state index is 12.7. The van der Waals surface area contributed by atoms with E-state index in [1.54, 1.807) is 30.3 Å². The zero-order valence-electron chi connectivity index (χ0n) is 17.2. The van der Waals surface area contributed by atoms with E-state index in [4.69, 9.17) is 11.6 Å². The topological polar surface area (TPSA) is 82.3 Å². The Bertz CT molecular complexity index is 1150. The van der Waals surface area contributed by atoms with Crippen molar-refractivity contribution in [3.63, 3.8) is 0 Å². The summed E-state index contributed by atoms with van der Waals surface area (Å²) >= 11 is 6.09. The molecule has 2 aromatic carbocycles. The zero-order chi connectivity index (χ0) is 21.8. The van der Waals surface area contributed by atoms with Gasteiger partial charge in [-0.1, -0.05) is 29.8 Å². The number of fused-ring (bicyclic) bond motifs is 1. The third kappa shape index (κ3) is 5.11. The number of rotatable bonds is 7. The molecule has 164 valence electrons. The highest BCUT2D eigenvalue weighted by atomic mass is 35.5. The van der Waals surface area contributed by atoms with Crippen molar-refractivity contribution in [3.05, 3.63) is 65.3 Å². The van der Waals surface area contributed by atoms with Crippen molar-refractivity contribution in [1.82, 2.24) is 14.6 Å². The molecule has 0 spiro atoms. The summed E-state index contributed by atoms with van der Waals surface area (Å²) in [6.07, 6.45) is 4.50. The minimum atomic E-state index is -3.45. The summed E-state index contributed by atoms with van der Waals surface area (Å²) in [5.41, 5.74) is 2.15. The second-order valence-electron chi connectivity index (χ2n) is 7.97. The van der Waals surface area contributed by atoms with E-state index in [9.17, 15) is 13.2 Å². The van der Waals surface area contributed by atoms with E-state index in [0.29, 0.717) is 48.8 Å². The van der Waals surface area contributed by atoms with Gasteiger partial charge in [0.1, 0.15) is 0 Å². The number of nitrogens with zero attached hydrogens (tertiary/aromatic N) is 1. The number of carbonyl (C=O) groups is 1. The summed E-state index contributed by atoms with van der Waals surface area (Å²) in [7, 11) is -3.45. The molecule has 1 aliphatic rings. The largest absolute Gasteiger partial charge is 0.361 e. The van der Waals surface area contributed by atoms with Gasteiger partial charge in [0.05, 0.1) is 4.90 Å². The van der Waals surface area contributed by atoms with Crippen molar-refractivity contribution in [2.45, 2.75) is 30.6 Å². The Kier molecular flexibility index (Phi) is 6.65. The second kappa shape index (κ2) is 9.42. The minimum absolute atomic E-state index is 0.0160. The molecule has 3 aromatic rings. The van der Waals surface area contributed by atoms with Gasteiger partial charge in [-0.25, -0.2) is 8.42 Å². The molecule has 0 saturated carbocycles. The Hall–Kier alpha value is -2.35. The monoisotopic (exact) mass is 459 g/mol. The fourth-order valence-corrected chi connectivity index (χ4v) is 5.79. The number of carbonyl (C=O) groups excluding carboxylic acids is 1. The number of nitrogens with one attached hydrogen (secondary N) is 2. The molecule has 6 nitrogen and oxygen atoms in total. The summed E-state index contributed by atoms with van der Waals surface area (Å²) in [4.78, 5) is 15.9. The minimum Gasteiger partial charge on any atom is -0.361 e. The predicted molar refractivity (Wildman–Crippen MR) is 123 cm³/mol. The van der Waals surface area contributed by atoms with Gasteiger partial charge in [-0.2, -0.15) is 4.31 Å². The summed E-state index contributed by atoms with van der Waals surface area (Å²) in [6, 6.07) is 14.2. The summed E-state index contributed by atoms with van der Waals surface area (Å²) < 4.78 is 27.0. The number of amides is 1. The van der Waals surface area contributed by atoms with Gasteiger partial charge in [-0.15, -0.1) is 0 Å². The van der Waals surface area contributed by atoms with E-state index in [-0.39, 0.29) is 11.8 Å². The SMILES string of the molecule is O=C(CC1CCN(S(=O)(=O)c2ccccc2)CC1)NCCc1c[nH]c2ccc(Cl)cc12. The second-order valence-corrected chi connectivity index (χ2v) is 10.3. The first-order chi connectivity index (χ1) is 14.9. The van der Waals surface area contributed by atoms with Gasteiger partial charge in [-0.3, -0.25) is 4.79 Å². The molecule has 1 aliphatic heterocycles. The first kappa shape index (κ1) is 21.9. The fraction of sp³-hybridized carbons (Fsp3) is 0.348. The van der Waals surface area contributed by atoms with E-state index in [2.05, 4.69) is 10.3 Å². The van der Waals surface area contributed by atoms with Crippen LogP contribution >= 0.6 is 11.6 Å². The summed E-state index contributed by atoms with van der Waals surface area (Å²) in [5, 5.41) is 4.77. The molecule has 0 unspecified atom stereocenters. The Balaban J connectivity index is 1.23. The van der Waals surface area contributed by atoms with Crippen LogP contribution in [0.1, 0.15) is 24.8 Å². The third-order valence-electron chi connectivity index (χ3n) is 5.87. The molecule has 2 heterocycles. The molecule has 0 radical (unpaired) electrons. The number of benzene rings is 2. The Morgan fingerprint density at radius 1 is 1.13 bits per heavy atom. The number of hydrogen-bond donors (Lipinski definition) is 2. The van der Waals surface area contributed by atoms with E-state index >= 15 is 0 Å². The number of sulfonamides is 1. The highest BCUT2D eigenvalue weighted by Crippen LogP contribution is 2.26. The molecular formula is C23H26ClN3O3S. The van der Waals surface area contributed by atoms with Crippen molar-refractivity contribution in [1.29, 1.82) is 0 Å². The quantitative estimate of drug-likeness (QED) is 0.560. The van der Waals surface area contributed by atoms with Gasteiger partial charge >= 0.3 is 0 Å². The standard InChI is InChI=1S/C23H26ClN3O3S/c24-19-6-7-22-21(15-19)18(16-26-22)8-11-25-23(28)14-17-9-12-27(13-10-17)31(29,30)20-4-2-1-3-5-20/h1-7,15-17,26H,8-14H2,(H,25,28). The Morgan fingerprint density at radius 3 is 2.61 bits per heavy atom. The average Bonchev–Trinajstić information content (AvgIpc) is 3.17. The van der Waals surface area contributed by atoms with Crippen LogP contribution in [0.2, 0.25) is 5.02 Å². The average molecular weight is 460 g/mol. The van der Waals surface area contributed by atoms with Crippen molar-refractivity contribution < 1.29 is 13.2 Å². The van der Waals surface area contributed by atoms with E-state index in [1.165, 1.54) is 4.31 Å². The lowest BCUT2D eigenvalue weighted by Crippen LogP contribution is -2.39. The Labute approximate surface area is 187 Å². The molecule has 4 rings (SSSR count).